The first-order chi connectivity index (χ1) is 10.2. The van der Waals surface area contributed by atoms with Crippen molar-refractivity contribution < 1.29 is 14.1 Å². The molecule has 2 heterocycles. The molecule has 2 N–H and O–H groups in total. The Hall–Kier alpha value is -1.31. The molecule has 1 aliphatic heterocycles. The van der Waals surface area contributed by atoms with Crippen molar-refractivity contribution in [3.05, 3.63) is 35.1 Å². The molecule has 118 valence electrons. The summed E-state index contributed by atoms with van der Waals surface area (Å²) in [6.07, 6.45) is 1.82. The average molecular weight is 320 g/mol. The van der Waals surface area contributed by atoms with Gasteiger partial charge in [0.05, 0.1) is 16.9 Å². The van der Waals surface area contributed by atoms with E-state index in [1.807, 2.05) is 33.8 Å². The normalized spacial score (nSPS) is 20.2. The van der Waals surface area contributed by atoms with Crippen LogP contribution < -0.4 is 5.73 Å². The number of hydrogen-bond acceptors (Lipinski definition) is 5. The second-order valence-electron chi connectivity index (χ2n) is 6.28. The Balaban J connectivity index is 2.29. The maximum Gasteiger partial charge on any atom is 0.491 e. The van der Waals surface area contributed by atoms with Crippen LogP contribution in [-0.4, -0.2) is 35.0 Å². The Kier molecular flexibility index (Phi) is 4.70. The van der Waals surface area contributed by atoms with Crippen molar-refractivity contribution >= 4 is 31.7 Å². The minimum absolute atomic E-state index is 0.223. The third-order valence-corrected chi connectivity index (χ3v) is 4.46. The molecular formula is C15H21BN2O3S. The molecule has 1 saturated heterocycles. The Morgan fingerprint density at radius 1 is 1.32 bits per heavy atom. The molecule has 0 spiro atoms. The van der Waals surface area contributed by atoms with Gasteiger partial charge < -0.3 is 15.0 Å². The largest absolute Gasteiger partial charge is 0.491 e. The molecule has 7 heteroatoms. The Labute approximate surface area is 136 Å². The third kappa shape index (κ3) is 3.37. The lowest BCUT2D eigenvalue weighted by atomic mass is 9.78. The van der Waals surface area contributed by atoms with Crippen LogP contribution in [0.3, 0.4) is 0 Å². The molecular weight excluding hydrogens is 299 g/mol. The second-order valence-corrected chi connectivity index (χ2v) is 6.59. The first kappa shape index (κ1) is 17.1. The standard InChI is InChI=1S/C15H21BN2O3S/c1-14(2)15(3,4)21-16(20-14)10(9-22)8-11-6-5-7-12(18-11)13(17)19/h5-8,22H,9H2,1-4H3,(H2,17,19). The molecule has 2 rings (SSSR count). The molecule has 0 bridgehead atoms. The van der Waals surface area contributed by atoms with E-state index < -0.39 is 24.2 Å². The first-order valence-corrected chi connectivity index (χ1v) is 7.73. The molecule has 22 heavy (non-hydrogen) atoms. The Morgan fingerprint density at radius 3 is 2.41 bits per heavy atom. The summed E-state index contributed by atoms with van der Waals surface area (Å²) in [5.41, 5.74) is 6.11. The highest BCUT2D eigenvalue weighted by Gasteiger charge is 2.52. The maximum absolute atomic E-state index is 11.2. The number of primary amides is 1. The van der Waals surface area contributed by atoms with E-state index in [0.717, 1.165) is 5.47 Å². The lowest BCUT2D eigenvalue weighted by Crippen LogP contribution is -2.41. The maximum atomic E-state index is 11.2. The molecule has 1 fully saturated rings. The molecule has 1 amide bonds. The predicted octanol–water partition coefficient (Wildman–Crippen LogP) is 2.13. The van der Waals surface area contributed by atoms with E-state index in [1.165, 1.54) is 0 Å². The SMILES string of the molecule is CC1(C)OB(C(=Cc2cccc(C(N)=O)n2)CS)OC1(C)C. The number of nitrogens with two attached hydrogens (primary N) is 1. The van der Waals surface area contributed by atoms with E-state index in [4.69, 9.17) is 15.0 Å². The summed E-state index contributed by atoms with van der Waals surface area (Å²) in [6, 6.07) is 5.11. The van der Waals surface area contributed by atoms with Crippen LogP contribution in [0.5, 0.6) is 0 Å². The summed E-state index contributed by atoms with van der Waals surface area (Å²) in [6.45, 7) is 7.98. The van der Waals surface area contributed by atoms with Crippen LogP contribution in [0, 0.1) is 0 Å². The van der Waals surface area contributed by atoms with Crippen molar-refractivity contribution in [3.8, 4) is 0 Å². The van der Waals surface area contributed by atoms with Crippen molar-refractivity contribution in [2.75, 3.05) is 5.75 Å². The zero-order valence-electron chi connectivity index (χ0n) is 13.3. The van der Waals surface area contributed by atoms with Crippen molar-refractivity contribution in [1.29, 1.82) is 0 Å². The van der Waals surface area contributed by atoms with Crippen molar-refractivity contribution in [2.45, 2.75) is 38.9 Å². The number of carbonyl (C=O) groups excluding carboxylic acids is 1. The van der Waals surface area contributed by atoms with E-state index >= 15 is 0 Å². The Morgan fingerprint density at radius 2 is 1.91 bits per heavy atom. The molecule has 0 unspecified atom stereocenters. The summed E-state index contributed by atoms with van der Waals surface area (Å²) >= 11 is 4.35. The van der Waals surface area contributed by atoms with Gasteiger partial charge in [-0.3, -0.25) is 4.79 Å². The topological polar surface area (TPSA) is 74.4 Å². The van der Waals surface area contributed by atoms with Gasteiger partial charge in [-0.2, -0.15) is 12.6 Å². The van der Waals surface area contributed by atoms with Crippen LogP contribution in [0.1, 0.15) is 43.9 Å². The molecule has 0 aromatic carbocycles. The highest BCUT2D eigenvalue weighted by atomic mass is 32.1. The quantitative estimate of drug-likeness (QED) is 0.658. The van der Waals surface area contributed by atoms with Gasteiger partial charge in [0, 0.05) is 5.75 Å². The number of nitrogens with zero attached hydrogens (tertiary/aromatic N) is 1. The van der Waals surface area contributed by atoms with E-state index in [2.05, 4.69) is 17.6 Å². The predicted molar refractivity (Wildman–Crippen MR) is 90.7 cm³/mol. The van der Waals surface area contributed by atoms with Crippen LogP contribution in [-0.2, 0) is 9.31 Å². The van der Waals surface area contributed by atoms with Gasteiger partial charge in [0.1, 0.15) is 5.69 Å². The molecule has 5 nitrogen and oxygen atoms in total. The van der Waals surface area contributed by atoms with Gasteiger partial charge in [0.25, 0.3) is 5.91 Å². The number of thiol groups is 1. The van der Waals surface area contributed by atoms with Gasteiger partial charge in [-0.1, -0.05) is 6.07 Å². The lowest BCUT2D eigenvalue weighted by Gasteiger charge is -2.32. The zero-order chi connectivity index (χ0) is 16.5. The van der Waals surface area contributed by atoms with Crippen LogP contribution in [0.4, 0.5) is 0 Å². The number of aromatic nitrogens is 1. The minimum atomic E-state index is -0.557. The fourth-order valence-corrected chi connectivity index (χ4v) is 2.28. The number of pyridine rings is 1. The summed E-state index contributed by atoms with van der Waals surface area (Å²) in [5.74, 6) is -0.0995. The summed E-state index contributed by atoms with van der Waals surface area (Å²) < 4.78 is 12.0. The molecule has 0 atom stereocenters. The lowest BCUT2D eigenvalue weighted by molar-refractivity contribution is 0.00578. The van der Waals surface area contributed by atoms with Gasteiger partial charge in [-0.15, -0.1) is 0 Å². The van der Waals surface area contributed by atoms with Crippen LogP contribution in [0.15, 0.2) is 23.7 Å². The van der Waals surface area contributed by atoms with Crippen LogP contribution >= 0.6 is 12.6 Å². The molecule has 1 aromatic rings. The molecule has 1 aromatic heterocycles. The average Bonchev–Trinajstić information content (AvgIpc) is 2.65. The summed E-state index contributed by atoms with van der Waals surface area (Å²) in [5, 5.41) is 0. The van der Waals surface area contributed by atoms with E-state index in [1.54, 1.807) is 18.2 Å². The highest BCUT2D eigenvalue weighted by Crippen LogP contribution is 2.38. The van der Waals surface area contributed by atoms with Crippen molar-refractivity contribution in [1.82, 2.24) is 4.98 Å². The second kappa shape index (κ2) is 6.06. The fraction of sp³-hybridized carbons (Fsp3) is 0.467. The monoisotopic (exact) mass is 320 g/mol. The number of hydrogen-bond donors (Lipinski definition) is 2. The van der Waals surface area contributed by atoms with E-state index in [9.17, 15) is 4.79 Å². The minimum Gasteiger partial charge on any atom is -0.400 e. The van der Waals surface area contributed by atoms with E-state index in [0.29, 0.717) is 11.4 Å². The molecule has 0 saturated carbocycles. The fourth-order valence-electron chi connectivity index (χ4n) is 2.04. The van der Waals surface area contributed by atoms with Gasteiger partial charge >= 0.3 is 7.12 Å². The summed E-state index contributed by atoms with van der Waals surface area (Å²) in [7, 11) is -0.485. The zero-order valence-corrected chi connectivity index (χ0v) is 14.2. The summed E-state index contributed by atoms with van der Waals surface area (Å²) in [4.78, 5) is 15.4. The number of rotatable bonds is 4. The van der Waals surface area contributed by atoms with Crippen molar-refractivity contribution in [3.63, 3.8) is 0 Å². The van der Waals surface area contributed by atoms with Crippen molar-refractivity contribution in [2.24, 2.45) is 5.73 Å². The van der Waals surface area contributed by atoms with E-state index in [-0.39, 0.29) is 5.69 Å². The Bertz CT molecular complexity index is 601. The first-order valence-electron chi connectivity index (χ1n) is 7.10. The van der Waals surface area contributed by atoms with Gasteiger partial charge in [0.2, 0.25) is 0 Å². The van der Waals surface area contributed by atoms with Gasteiger partial charge in [0.15, 0.2) is 0 Å². The molecule has 0 radical (unpaired) electrons. The van der Waals surface area contributed by atoms with Gasteiger partial charge in [-0.05, 0) is 51.4 Å². The number of amides is 1. The van der Waals surface area contributed by atoms with Gasteiger partial charge in [-0.25, -0.2) is 4.98 Å². The molecule has 0 aliphatic carbocycles. The third-order valence-electron chi connectivity index (χ3n) is 4.09. The molecule has 1 aliphatic rings. The number of carbonyl (C=O) groups is 1. The van der Waals surface area contributed by atoms with Crippen LogP contribution in [0.2, 0.25) is 0 Å². The van der Waals surface area contributed by atoms with Crippen LogP contribution in [0.25, 0.3) is 6.08 Å². The highest BCUT2D eigenvalue weighted by molar-refractivity contribution is 7.80. The smallest absolute Gasteiger partial charge is 0.400 e.